The molecule has 0 fully saturated rings. The van der Waals surface area contributed by atoms with Crippen molar-refractivity contribution in [3.8, 4) is 11.5 Å². The summed E-state index contributed by atoms with van der Waals surface area (Å²) in [6.07, 6.45) is 8.42. The van der Waals surface area contributed by atoms with Crippen molar-refractivity contribution in [1.29, 1.82) is 0 Å². The van der Waals surface area contributed by atoms with E-state index in [1.807, 2.05) is 12.1 Å². The molecule has 23 heavy (non-hydrogen) atoms. The first-order valence-electron chi connectivity index (χ1n) is 9.03. The Bertz CT molecular complexity index is 558. The Kier molecular flexibility index (Phi) is 5.78. The molecule has 2 heteroatoms. The molecule has 2 N–H and O–H groups in total. The van der Waals surface area contributed by atoms with Gasteiger partial charge in [-0.05, 0) is 62.1 Å². The van der Waals surface area contributed by atoms with Gasteiger partial charge in [-0.3, -0.25) is 0 Å². The molecule has 0 unspecified atom stereocenters. The van der Waals surface area contributed by atoms with Gasteiger partial charge < -0.3 is 10.2 Å². The third kappa shape index (κ3) is 4.76. The van der Waals surface area contributed by atoms with E-state index in [9.17, 15) is 10.2 Å². The standard InChI is InChI=1S/C21H32O2/c1-5-6-7-8-16-11-19(22)18(20(23)12-16)13-17-9-10-21(3,4)14-15(17)2/h11-12,22-23H,5-10,13-14H2,1-4H3. The number of hydrogen-bond acceptors (Lipinski definition) is 2. The highest BCUT2D eigenvalue weighted by Gasteiger charge is 2.25. The Morgan fingerprint density at radius 3 is 2.30 bits per heavy atom. The first-order valence-corrected chi connectivity index (χ1v) is 9.03. The first-order chi connectivity index (χ1) is 10.8. The topological polar surface area (TPSA) is 40.5 Å². The number of phenols is 2. The van der Waals surface area contributed by atoms with Gasteiger partial charge in [0, 0.05) is 12.0 Å². The van der Waals surface area contributed by atoms with E-state index >= 15 is 0 Å². The molecule has 0 heterocycles. The van der Waals surface area contributed by atoms with Gasteiger partial charge in [0.25, 0.3) is 0 Å². The number of rotatable bonds is 6. The summed E-state index contributed by atoms with van der Waals surface area (Å²) in [5.41, 5.74) is 4.91. The summed E-state index contributed by atoms with van der Waals surface area (Å²) in [4.78, 5) is 0. The average molecular weight is 316 g/mol. The molecule has 128 valence electrons. The molecule has 0 saturated heterocycles. The van der Waals surface area contributed by atoms with Crippen LogP contribution in [-0.4, -0.2) is 10.2 Å². The normalized spacial score (nSPS) is 17.6. The van der Waals surface area contributed by atoms with Crippen LogP contribution in [-0.2, 0) is 12.8 Å². The molecule has 0 aromatic heterocycles. The maximum absolute atomic E-state index is 10.4. The second-order valence-corrected chi connectivity index (χ2v) is 7.97. The van der Waals surface area contributed by atoms with Crippen LogP contribution in [0.3, 0.4) is 0 Å². The van der Waals surface area contributed by atoms with Crippen LogP contribution in [0, 0.1) is 5.41 Å². The molecule has 2 rings (SSSR count). The highest BCUT2D eigenvalue weighted by atomic mass is 16.3. The molecule has 0 amide bonds. The maximum atomic E-state index is 10.4. The molecule has 0 aliphatic heterocycles. The number of hydrogen-bond donors (Lipinski definition) is 2. The average Bonchev–Trinajstić information content (AvgIpc) is 2.44. The highest BCUT2D eigenvalue weighted by molar-refractivity contribution is 5.49. The molecular formula is C21H32O2. The van der Waals surface area contributed by atoms with Crippen molar-refractivity contribution >= 4 is 0 Å². The zero-order valence-corrected chi connectivity index (χ0v) is 15.2. The molecule has 2 nitrogen and oxygen atoms in total. The maximum Gasteiger partial charge on any atom is 0.123 e. The van der Waals surface area contributed by atoms with Crippen LogP contribution in [0.1, 0.15) is 77.3 Å². The van der Waals surface area contributed by atoms with Gasteiger partial charge in [-0.25, -0.2) is 0 Å². The molecule has 0 atom stereocenters. The first kappa shape index (κ1) is 17.9. The van der Waals surface area contributed by atoms with E-state index in [0.29, 0.717) is 17.4 Å². The Hall–Kier alpha value is -1.44. The molecule has 0 radical (unpaired) electrons. The largest absolute Gasteiger partial charge is 0.508 e. The van der Waals surface area contributed by atoms with E-state index in [0.717, 1.165) is 31.2 Å². The second-order valence-electron chi connectivity index (χ2n) is 7.97. The van der Waals surface area contributed by atoms with Gasteiger partial charge in [0.05, 0.1) is 0 Å². The smallest absolute Gasteiger partial charge is 0.123 e. The second kappa shape index (κ2) is 7.42. The number of aryl methyl sites for hydroxylation is 1. The zero-order chi connectivity index (χ0) is 17.0. The van der Waals surface area contributed by atoms with E-state index in [1.54, 1.807) is 0 Å². The van der Waals surface area contributed by atoms with E-state index < -0.39 is 0 Å². The van der Waals surface area contributed by atoms with Crippen LogP contribution in [0.15, 0.2) is 23.3 Å². The molecule has 1 aromatic rings. The van der Waals surface area contributed by atoms with Crippen LogP contribution in [0.4, 0.5) is 0 Å². The fourth-order valence-electron chi connectivity index (χ4n) is 3.69. The molecule has 1 aliphatic rings. The van der Waals surface area contributed by atoms with E-state index in [-0.39, 0.29) is 11.5 Å². The lowest BCUT2D eigenvalue weighted by molar-refractivity contribution is 0.311. The fourth-order valence-corrected chi connectivity index (χ4v) is 3.69. The summed E-state index contributed by atoms with van der Waals surface area (Å²) in [5.74, 6) is 0.503. The number of benzene rings is 1. The Labute approximate surface area is 141 Å². The van der Waals surface area contributed by atoms with Gasteiger partial charge in [0.2, 0.25) is 0 Å². The van der Waals surface area contributed by atoms with Crippen LogP contribution < -0.4 is 0 Å². The Balaban J connectivity index is 2.14. The van der Waals surface area contributed by atoms with Crippen molar-refractivity contribution in [2.45, 2.75) is 79.1 Å². The Morgan fingerprint density at radius 2 is 1.74 bits per heavy atom. The third-order valence-electron chi connectivity index (χ3n) is 5.17. The number of allylic oxidation sites excluding steroid dienone is 2. The van der Waals surface area contributed by atoms with Crippen molar-refractivity contribution in [1.82, 2.24) is 0 Å². The van der Waals surface area contributed by atoms with Crippen LogP contribution >= 0.6 is 0 Å². The summed E-state index contributed by atoms with van der Waals surface area (Å²) in [6, 6.07) is 3.68. The van der Waals surface area contributed by atoms with E-state index in [1.165, 1.54) is 30.4 Å². The van der Waals surface area contributed by atoms with Crippen LogP contribution in [0.2, 0.25) is 0 Å². The summed E-state index contributed by atoms with van der Waals surface area (Å²) in [6.45, 7) is 9.00. The summed E-state index contributed by atoms with van der Waals surface area (Å²) >= 11 is 0. The third-order valence-corrected chi connectivity index (χ3v) is 5.17. The van der Waals surface area contributed by atoms with Gasteiger partial charge in [-0.2, -0.15) is 0 Å². The number of phenolic OH excluding ortho intramolecular Hbond substituents is 2. The molecule has 1 aromatic carbocycles. The van der Waals surface area contributed by atoms with Gasteiger partial charge in [-0.1, -0.05) is 44.8 Å². The predicted molar refractivity (Wildman–Crippen MR) is 97.0 cm³/mol. The minimum Gasteiger partial charge on any atom is -0.508 e. The lowest BCUT2D eigenvalue weighted by atomic mass is 9.73. The van der Waals surface area contributed by atoms with Crippen molar-refractivity contribution in [2.24, 2.45) is 5.41 Å². The highest BCUT2D eigenvalue weighted by Crippen LogP contribution is 2.41. The van der Waals surface area contributed by atoms with Gasteiger partial charge >= 0.3 is 0 Å². The lowest BCUT2D eigenvalue weighted by Crippen LogP contribution is -2.18. The minimum absolute atomic E-state index is 0.252. The van der Waals surface area contributed by atoms with Gasteiger partial charge in [0.1, 0.15) is 11.5 Å². The SMILES string of the molecule is CCCCCc1cc(O)c(CC2=C(C)CC(C)(C)CC2)c(O)c1. The lowest BCUT2D eigenvalue weighted by Gasteiger charge is -2.32. The zero-order valence-electron chi connectivity index (χ0n) is 15.2. The van der Waals surface area contributed by atoms with Crippen molar-refractivity contribution in [3.63, 3.8) is 0 Å². The van der Waals surface area contributed by atoms with Gasteiger partial charge in [0.15, 0.2) is 0 Å². The molecule has 0 spiro atoms. The van der Waals surface area contributed by atoms with Crippen LogP contribution in [0.5, 0.6) is 11.5 Å². The van der Waals surface area contributed by atoms with Gasteiger partial charge in [-0.15, -0.1) is 0 Å². The van der Waals surface area contributed by atoms with Crippen molar-refractivity contribution < 1.29 is 10.2 Å². The summed E-state index contributed by atoms with van der Waals surface area (Å²) in [7, 11) is 0. The van der Waals surface area contributed by atoms with Crippen LogP contribution in [0.25, 0.3) is 0 Å². The summed E-state index contributed by atoms with van der Waals surface area (Å²) < 4.78 is 0. The minimum atomic E-state index is 0.252. The molecule has 1 aliphatic carbocycles. The predicted octanol–water partition coefficient (Wildman–Crippen LogP) is 5.90. The van der Waals surface area contributed by atoms with E-state index in [2.05, 4.69) is 27.7 Å². The fraction of sp³-hybridized carbons (Fsp3) is 0.619. The quantitative estimate of drug-likeness (QED) is 0.506. The Morgan fingerprint density at radius 1 is 1.09 bits per heavy atom. The molecule has 0 bridgehead atoms. The van der Waals surface area contributed by atoms with Crippen molar-refractivity contribution in [2.75, 3.05) is 0 Å². The number of aromatic hydroxyl groups is 2. The monoisotopic (exact) mass is 316 g/mol. The molecule has 0 saturated carbocycles. The molecular weight excluding hydrogens is 284 g/mol. The van der Waals surface area contributed by atoms with E-state index in [4.69, 9.17) is 0 Å². The number of unbranched alkanes of at least 4 members (excludes halogenated alkanes) is 2. The summed E-state index contributed by atoms with van der Waals surface area (Å²) in [5, 5.41) is 20.7. The van der Waals surface area contributed by atoms with Crippen molar-refractivity contribution in [3.05, 3.63) is 34.4 Å².